The van der Waals surface area contributed by atoms with Gasteiger partial charge in [0.1, 0.15) is 5.82 Å². The molecule has 1 N–H and O–H groups in total. The van der Waals surface area contributed by atoms with Gasteiger partial charge in [0.05, 0.1) is 11.0 Å². The van der Waals surface area contributed by atoms with Crippen LogP contribution >= 0.6 is 0 Å². The van der Waals surface area contributed by atoms with Crippen molar-refractivity contribution in [2.45, 2.75) is 20.8 Å². The van der Waals surface area contributed by atoms with E-state index in [1.807, 2.05) is 48.8 Å². The molecule has 6 nitrogen and oxygen atoms in total. The molecular formula is C17H22N4O2. The Morgan fingerprint density at radius 1 is 1.13 bits per heavy atom. The Balaban J connectivity index is 1.69. The highest BCUT2D eigenvalue weighted by molar-refractivity contribution is 5.97. The molecule has 0 unspecified atom stereocenters. The van der Waals surface area contributed by atoms with Gasteiger partial charge in [0.15, 0.2) is 0 Å². The van der Waals surface area contributed by atoms with Gasteiger partial charge in [-0.25, -0.2) is 4.98 Å². The second-order valence-electron chi connectivity index (χ2n) is 6.33. The van der Waals surface area contributed by atoms with Gasteiger partial charge in [-0.05, 0) is 25.1 Å². The summed E-state index contributed by atoms with van der Waals surface area (Å²) in [6.45, 7) is 8.08. The molecule has 1 aromatic heterocycles. The van der Waals surface area contributed by atoms with E-state index < -0.39 is 0 Å². The number of carbonyl (C=O) groups excluding carboxylic acids is 2. The molecule has 0 saturated carbocycles. The Kier molecular flexibility index (Phi) is 4.07. The number of hydrogen-bond acceptors (Lipinski definition) is 3. The average molecular weight is 314 g/mol. The zero-order valence-corrected chi connectivity index (χ0v) is 13.8. The monoisotopic (exact) mass is 314 g/mol. The number of nitrogens with one attached hydrogen (secondary N) is 1. The van der Waals surface area contributed by atoms with Crippen LogP contribution in [0, 0.1) is 12.8 Å². The standard InChI is InChI=1S/C17H22N4O2/c1-11(2)16(22)20-6-8-21(9-7-20)17(23)13-4-5-14-15(10-13)19-12(3)18-14/h4-5,10-11H,6-9H2,1-3H3,(H,18,19). The summed E-state index contributed by atoms with van der Waals surface area (Å²) in [7, 11) is 0. The van der Waals surface area contributed by atoms with Crippen LogP contribution in [0.5, 0.6) is 0 Å². The van der Waals surface area contributed by atoms with Crippen molar-refractivity contribution in [2.75, 3.05) is 26.2 Å². The molecule has 3 rings (SSSR count). The van der Waals surface area contributed by atoms with Crippen LogP contribution < -0.4 is 0 Å². The van der Waals surface area contributed by atoms with E-state index in [0.29, 0.717) is 31.7 Å². The predicted molar refractivity (Wildman–Crippen MR) is 88.2 cm³/mol. The molecular weight excluding hydrogens is 292 g/mol. The SMILES string of the molecule is Cc1nc2ccc(C(=O)N3CCN(C(=O)C(C)C)CC3)cc2[nH]1. The Bertz CT molecular complexity index is 742. The van der Waals surface area contributed by atoms with Crippen molar-refractivity contribution in [3.8, 4) is 0 Å². The number of imidazole rings is 1. The van der Waals surface area contributed by atoms with E-state index in [9.17, 15) is 9.59 Å². The van der Waals surface area contributed by atoms with E-state index in [2.05, 4.69) is 9.97 Å². The molecule has 1 aromatic carbocycles. The van der Waals surface area contributed by atoms with Crippen molar-refractivity contribution >= 4 is 22.8 Å². The number of piperazine rings is 1. The number of fused-ring (bicyclic) bond motifs is 1. The zero-order valence-electron chi connectivity index (χ0n) is 13.8. The number of carbonyl (C=O) groups is 2. The molecule has 2 heterocycles. The van der Waals surface area contributed by atoms with Gasteiger partial charge in [-0.15, -0.1) is 0 Å². The first kappa shape index (κ1) is 15.5. The van der Waals surface area contributed by atoms with Crippen molar-refractivity contribution < 1.29 is 9.59 Å². The molecule has 0 aliphatic carbocycles. The minimum Gasteiger partial charge on any atom is -0.342 e. The van der Waals surface area contributed by atoms with E-state index in [0.717, 1.165) is 16.9 Å². The molecule has 0 spiro atoms. The third kappa shape index (κ3) is 3.06. The molecule has 0 atom stereocenters. The van der Waals surface area contributed by atoms with Crippen LogP contribution in [0.1, 0.15) is 30.0 Å². The summed E-state index contributed by atoms with van der Waals surface area (Å²) in [6.07, 6.45) is 0. The van der Waals surface area contributed by atoms with Crippen molar-refractivity contribution in [2.24, 2.45) is 5.92 Å². The topological polar surface area (TPSA) is 69.3 Å². The van der Waals surface area contributed by atoms with Crippen LogP contribution in [0.15, 0.2) is 18.2 Å². The van der Waals surface area contributed by atoms with Gasteiger partial charge in [0.2, 0.25) is 5.91 Å². The molecule has 0 radical (unpaired) electrons. The first-order valence-corrected chi connectivity index (χ1v) is 8.00. The maximum Gasteiger partial charge on any atom is 0.254 e. The van der Waals surface area contributed by atoms with Gasteiger partial charge in [-0.2, -0.15) is 0 Å². The molecule has 2 amide bonds. The average Bonchev–Trinajstić information content (AvgIpc) is 2.92. The van der Waals surface area contributed by atoms with Crippen LogP contribution in [0.25, 0.3) is 11.0 Å². The Hall–Kier alpha value is -2.37. The fourth-order valence-electron chi connectivity index (χ4n) is 2.95. The highest BCUT2D eigenvalue weighted by Crippen LogP contribution is 2.16. The van der Waals surface area contributed by atoms with Gasteiger partial charge in [0.25, 0.3) is 5.91 Å². The Morgan fingerprint density at radius 2 is 1.78 bits per heavy atom. The van der Waals surface area contributed by atoms with Gasteiger partial charge >= 0.3 is 0 Å². The summed E-state index contributed by atoms with van der Waals surface area (Å²) in [4.78, 5) is 35.8. The van der Waals surface area contributed by atoms with Crippen LogP contribution in [-0.4, -0.2) is 57.8 Å². The molecule has 1 aliphatic heterocycles. The lowest BCUT2D eigenvalue weighted by atomic mass is 10.1. The van der Waals surface area contributed by atoms with Crippen LogP contribution in [0.2, 0.25) is 0 Å². The lowest BCUT2D eigenvalue weighted by Crippen LogP contribution is -2.51. The predicted octanol–water partition coefficient (Wildman–Crippen LogP) is 1.81. The number of aryl methyl sites for hydroxylation is 1. The van der Waals surface area contributed by atoms with Gasteiger partial charge < -0.3 is 14.8 Å². The van der Waals surface area contributed by atoms with Gasteiger partial charge in [-0.3, -0.25) is 9.59 Å². The Labute approximate surface area is 135 Å². The molecule has 1 saturated heterocycles. The van der Waals surface area contributed by atoms with E-state index in [-0.39, 0.29) is 17.7 Å². The number of nitrogens with zero attached hydrogens (tertiary/aromatic N) is 3. The summed E-state index contributed by atoms with van der Waals surface area (Å²) in [5.74, 6) is 1.01. The fourth-order valence-corrected chi connectivity index (χ4v) is 2.95. The van der Waals surface area contributed by atoms with Gasteiger partial charge in [0, 0.05) is 37.7 Å². The number of amides is 2. The lowest BCUT2D eigenvalue weighted by molar-refractivity contribution is -0.135. The van der Waals surface area contributed by atoms with Crippen molar-refractivity contribution in [3.63, 3.8) is 0 Å². The first-order valence-electron chi connectivity index (χ1n) is 8.00. The smallest absolute Gasteiger partial charge is 0.254 e. The minimum absolute atomic E-state index is 0.00303. The van der Waals surface area contributed by atoms with Crippen LogP contribution in [-0.2, 0) is 4.79 Å². The summed E-state index contributed by atoms with van der Waals surface area (Å²) in [5, 5.41) is 0. The maximum atomic E-state index is 12.6. The maximum absolute atomic E-state index is 12.6. The minimum atomic E-state index is 0.00303. The van der Waals surface area contributed by atoms with E-state index in [1.54, 1.807) is 0 Å². The normalized spacial score (nSPS) is 15.5. The quantitative estimate of drug-likeness (QED) is 0.919. The van der Waals surface area contributed by atoms with Crippen LogP contribution in [0.4, 0.5) is 0 Å². The molecule has 0 bridgehead atoms. The lowest BCUT2D eigenvalue weighted by Gasteiger charge is -2.35. The van der Waals surface area contributed by atoms with Crippen molar-refractivity contribution in [1.82, 2.24) is 19.8 Å². The van der Waals surface area contributed by atoms with E-state index >= 15 is 0 Å². The van der Waals surface area contributed by atoms with Crippen molar-refractivity contribution in [3.05, 3.63) is 29.6 Å². The molecule has 1 aliphatic rings. The number of hydrogen-bond donors (Lipinski definition) is 1. The second-order valence-corrected chi connectivity index (χ2v) is 6.33. The second kappa shape index (κ2) is 6.02. The van der Waals surface area contributed by atoms with Crippen molar-refractivity contribution in [1.29, 1.82) is 0 Å². The number of rotatable bonds is 2. The third-order valence-electron chi connectivity index (χ3n) is 4.22. The first-order chi connectivity index (χ1) is 11.0. The molecule has 122 valence electrons. The number of aromatic nitrogens is 2. The molecule has 23 heavy (non-hydrogen) atoms. The fraction of sp³-hybridized carbons (Fsp3) is 0.471. The third-order valence-corrected chi connectivity index (χ3v) is 4.22. The summed E-state index contributed by atoms with van der Waals surface area (Å²) in [5.41, 5.74) is 2.40. The number of aromatic amines is 1. The summed E-state index contributed by atoms with van der Waals surface area (Å²) >= 11 is 0. The van der Waals surface area contributed by atoms with E-state index in [1.165, 1.54) is 0 Å². The van der Waals surface area contributed by atoms with E-state index in [4.69, 9.17) is 0 Å². The number of benzene rings is 1. The van der Waals surface area contributed by atoms with Gasteiger partial charge in [-0.1, -0.05) is 13.8 Å². The molecule has 2 aromatic rings. The molecule has 1 fully saturated rings. The highest BCUT2D eigenvalue weighted by Gasteiger charge is 2.26. The highest BCUT2D eigenvalue weighted by atomic mass is 16.2. The summed E-state index contributed by atoms with van der Waals surface area (Å²) < 4.78 is 0. The molecule has 6 heteroatoms. The Morgan fingerprint density at radius 3 is 2.43 bits per heavy atom. The zero-order chi connectivity index (χ0) is 16.6. The number of H-pyrrole nitrogens is 1. The van der Waals surface area contributed by atoms with Crippen LogP contribution in [0.3, 0.4) is 0 Å². The summed E-state index contributed by atoms with van der Waals surface area (Å²) in [6, 6.07) is 5.53. The largest absolute Gasteiger partial charge is 0.342 e.